The van der Waals surface area contributed by atoms with Crippen molar-refractivity contribution in [2.45, 2.75) is 38.7 Å². The quantitative estimate of drug-likeness (QED) is 0.814. The summed E-state index contributed by atoms with van der Waals surface area (Å²) in [6, 6.07) is 0. The molecular weight excluding hydrogens is 238 g/mol. The van der Waals surface area contributed by atoms with Gasteiger partial charge in [0.15, 0.2) is 0 Å². The van der Waals surface area contributed by atoms with E-state index in [1.807, 2.05) is 20.8 Å². The van der Waals surface area contributed by atoms with Gasteiger partial charge in [-0.25, -0.2) is 0 Å². The van der Waals surface area contributed by atoms with Crippen LogP contribution in [0.1, 0.15) is 42.6 Å². The zero-order chi connectivity index (χ0) is 12.6. The molecule has 5 nitrogen and oxygen atoms in total. The summed E-state index contributed by atoms with van der Waals surface area (Å²) in [6.45, 7) is 7.07. The number of likely N-dealkylation sites (tertiary alicyclic amines) is 1. The molecule has 1 N–H and O–H groups in total. The van der Waals surface area contributed by atoms with E-state index in [-0.39, 0.29) is 11.3 Å². The number of carbonyl (C=O) groups excluding carboxylic acids is 1. The Balaban J connectivity index is 2.23. The van der Waals surface area contributed by atoms with Gasteiger partial charge < -0.3 is 10.0 Å². The van der Waals surface area contributed by atoms with Crippen LogP contribution in [-0.2, 0) is 5.41 Å². The summed E-state index contributed by atoms with van der Waals surface area (Å²) in [5.74, 6) is -0.0542. The van der Waals surface area contributed by atoms with Crippen LogP contribution in [0.15, 0.2) is 0 Å². The first-order valence-electron chi connectivity index (χ1n) is 5.70. The Labute approximate surface area is 105 Å². The summed E-state index contributed by atoms with van der Waals surface area (Å²) in [5, 5.41) is 13.5. The first kappa shape index (κ1) is 12.4. The average Bonchev–Trinajstić information content (AvgIpc) is 2.83. The van der Waals surface area contributed by atoms with Crippen molar-refractivity contribution in [2.24, 2.45) is 0 Å². The largest absolute Gasteiger partial charge is 0.391 e. The zero-order valence-corrected chi connectivity index (χ0v) is 11.1. The summed E-state index contributed by atoms with van der Waals surface area (Å²) < 4.78 is 3.88. The molecule has 1 amide bonds. The number of hydrogen-bond donors (Lipinski definition) is 1. The topological polar surface area (TPSA) is 66.3 Å². The molecule has 0 spiro atoms. The molecule has 0 bridgehead atoms. The molecule has 1 aliphatic rings. The molecule has 17 heavy (non-hydrogen) atoms. The Kier molecular flexibility index (Phi) is 3.18. The van der Waals surface area contributed by atoms with Crippen molar-refractivity contribution in [2.75, 3.05) is 13.1 Å². The maximum Gasteiger partial charge on any atom is 0.267 e. The van der Waals surface area contributed by atoms with Crippen LogP contribution in [0.4, 0.5) is 0 Å². The van der Waals surface area contributed by atoms with Gasteiger partial charge in [-0.15, -0.1) is 5.10 Å². The summed E-state index contributed by atoms with van der Waals surface area (Å²) >= 11 is 1.14. The third-order valence-corrected chi connectivity index (χ3v) is 3.56. The van der Waals surface area contributed by atoms with E-state index in [4.69, 9.17) is 0 Å². The minimum atomic E-state index is -0.391. The second-order valence-corrected chi connectivity index (χ2v) is 6.15. The number of β-amino-alcohol motifs (C(OH)–C–C–N with tert-alkyl or cyclic N) is 1. The number of aromatic nitrogens is 2. The minimum absolute atomic E-state index is 0.0542. The lowest BCUT2D eigenvalue weighted by atomic mass is 9.91. The van der Waals surface area contributed by atoms with E-state index >= 15 is 0 Å². The third kappa shape index (κ3) is 2.47. The first-order chi connectivity index (χ1) is 7.89. The van der Waals surface area contributed by atoms with Gasteiger partial charge in [0.2, 0.25) is 0 Å². The van der Waals surface area contributed by atoms with Gasteiger partial charge >= 0.3 is 0 Å². The molecule has 1 aromatic heterocycles. The Morgan fingerprint density at radius 1 is 1.53 bits per heavy atom. The summed E-state index contributed by atoms with van der Waals surface area (Å²) in [6.07, 6.45) is 0.265. The molecule has 1 atom stereocenters. The molecule has 0 radical (unpaired) electrons. The number of nitrogens with zero attached hydrogens (tertiary/aromatic N) is 3. The lowest BCUT2D eigenvalue weighted by Crippen LogP contribution is -2.31. The number of aliphatic hydroxyl groups is 1. The van der Waals surface area contributed by atoms with Crippen LogP contribution >= 0.6 is 11.5 Å². The van der Waals surface area contributed by atoms with Gasteiger partial charge in [-0.05, 0) is 18.0 Å². The molecule has 1 aromatic rings. The maximum absolute atomic E-state index is 12.3. The molecule has 94 valence electrons. The highest BCUT2D eigenvalue weighted by atomic mass is 32.1. The lowest BCUT2D eigenvalue weighted by Gasteiger charge is -2.19. The molecule has 2 heterocycles. The average molecular weight is 255 g/mol. The van der Waals surface area contributed by atoms with Crippen LogP contribution in [0.2, 0.25) is 0 Å². The van der Waals surface area contributed by atoms with Gasteiger partial charge in [-0.3, -0.25) is 4.79 Å². The van der Waals surface area contributed by atoms with Gasteiger partial charge in [0.1, 0.15) is 4.88 Å². The third-order valence-electron chi connectivity index (χ3n) is 2.84. The van der Waals surface area contributed by atoms with Crippen molar-refractivity contribution in [3.63, 3.8) is 0 Å². The Hall–Kier alpha value is -1.01. The van der Waals surface area contributed by atoms with Gasteiger partial charge in [-0.2, -0.15) is 0 Å². The first-order valence-corrected chi connectivity index (χ1v) is 6.47. The Bertz CT molecular complexity index is 425. The summed E-state index contributed by atoms with van der Waals surface area (Å²) in [5.41, 5.74) is 0.560. The molecule has 0 aromatic carbocycles. The van der Waals surface area contributed by atoms with E-state index in [2.05, 4.69) is 9.59 Å². The molecule has 0 unspecified atom stereocenters. The zero-order valence-electron chi connectivity index (χ0n) is 10.3. The van der Waals surface area contributed by atoms with Crippen LogP contribution in [0.5, 0.6) is 0 Å². The van der Waals surface area contributed by atoms with Crippen LogP contribution in [-0.4, -0.2) is 44.7 Å². The highest BCUT2D eigenvalue weighted by molar-refractivity contribution is 7.08. The van der Waals surface area contributed by atoms with Crippen LogP contribution < -0.4 is 0 Å². The fourth-order valence-corrected chi connectivity index (χ4v) is 2.74. The number of rotatable bonds is 1. The van der Waals surface area contributed by atoms with E-state index in [1.54, 1.807) is 4.90 Å². The molecular formula is C11H17N3O2S. The number of amides is 1. The van der Waals surface area contributed by atoms with Crippen molar-refractivity contribution in [1.29, 1.82) is 0 Å². The number of carbonyl (C=O) groups is 1. The normalized spacial score (nSPS) is 20.9. The minimum Gasteiger partial charge on any atom is -0.391 e. The molecule has 1 aliphatic heterocycles. The van der Waals surface area contributed by atoms with Gasteiger partial charge in [0, 0.05) is 18.5 Å². The highest BCUT2D eigenvalue weighted by Crippen LogP contribution is 2.27. The standard InChI is InChI=1S/C11H17N3O2S/c1-11(2,3)9-8(17-13-12-9)10(16)14-5-4-7(15)6-14/h7,15H,4-6H2,1-3H3/t7-/m1/s1. The van der Waals surface area contributed by atoms with Gasteiger partial charge in [0.25, 0.3) is 5.91 Å². The summed E-state index contributed by atoms with van der Waals surface area (Å²) in [7, 11) is 0. The molecule has 0 aliphatic carbocycles. The second kappa shape index (κ2) is 4.34. The Morgan fingerprint density at radius 2 is 2.24 bits per heavy atom. The Morgan fingerprint density at radius 3 is 2.76 bits per heavy atom. The fraction of sp³-hybridized carbons (Fsp3) is 0.727. The molecule has 1 saturated heterocycles. The predicted molar refractivity (Wildman–Crippen MR) is 65.1 cm³/mol. The smallest absolute Gasteiger partial charge is 0.267 e. The number of aliphatic hydroxyl groups excluding tert-OH is 1. The second-order valence-electron chi connectivity index (χ2n) is 5.39. The maximum atomic E-state index is 12.3. The van der Waals surface area contributed by atoms with E-state index in [1.165, 1.54) is 0 Å². The van der Waals surface area contributed by atoms with Gasteiger partial charge in [0.05, 0.1) is 11.8 Å². The summed E-state index contributed by atoms with van der Waals surface area (Å²) in [4.78, 5) is 14.5. The van der Waals surface area contributed by atoms with Crippen LogP contribution in [0.3, 0.4) is 0 Å². The van der Waals surface area contributed by atoms with E-state index in [0.29, 0.717) is 24.4 Å². The van der Waals surface area contributed by atoms with Crippen molar-refractivity contribution in [3.05, 3.63) is 10.6 Å². The van der Waals surface area contributed by atoms with Crippen molar-refractivity contribution in [3.8, 4) is 0 Å². The van der Waals surface area contributed by atoms with Gasteiger partial charge in [-0.1, -0.05) is 25.3 Å². The lowest BCUT2D eigenvalue weighted by molar-refractivity contribution is 0.0767. The molecule has 1 fully saturated rings. The van der Waals surface area contributed by atoms with Crippen molar-refractivity contribution in [1.82, 2.24) is 14.5 Å². The van der Waals surface area contributed by atoms with Crippen LogP contribution in [0, 0.1) is 0 Å². The predicted octanol–water partition coefficient (Wildman–Crippen LogP) is 1.04. The molecule has 6 heteroatoms. The monoisotopic (exact) mass is 255 g/mol. The van der Waals surface area contributed by atoms with E-state index in [0.717, 1.165) is 17.2 Å². The molecule has 0 saturated carbocycles. The molecule has 2 rings (SSSR count). The van der Waals surface area contributed by atoms with E-state index in [9.17, 15) is 9.90 Å². The van der Waals surface area contributed by atoms with Crippen molar-refractivity contribution >= 4 is 17.4 Å². The fourth-order valence-electron chi connectivity index (χ4n) is 1.89. The van der Waals surface area contributed by atoms with E-state index < -0.39 is 6.10 Å². The number of hydrogen-bond acceptors (Lipinski definition) is 5. The van der Waals surface area contributed by atoms with Crippen LogP contribution in [0.25, 0.3) is 0 Å². The highest BCUT2D eigenvalue weighted by Gasteiger charge is 2.32. The SMILES string of the molecule is CC(C)(C)c1nnsc1C(=O)N1CC[C@@H](O)C1. The van der Waals surface area contributed by atoms with Crippen molar-refractivity contribution < 1.29 is 9.90 Å².